The van der Waals surface area contributed by atoms with E-state index >= 15 is 0 Å². The Morgan fingerprint density at radius 1 is 1.35 bits per heavy atom. The molecule has 1 atom stereocenters. The molecule has 0 radical (unpaired) electrons. The van der Waals surface area contributed by atoms with Crippen molar-refractivity contribution in [3.8, 4) is 0 Å². The number of nitrogens with one attached hydrogen (secondary N) is 2. The number of ether oxygens (including phenoxy) is 1. The minimum atomic E-state index is -0.0587. The second kappa shape index (κ2) is 6.27. The fraction of sp³-hybridized carbons (Fsp3) is 0.562. The zero-order chi connectivity index (χ0) is 14.6. The summed E-state index contributed by atoms with van der Waals surface area (Å²) in [6.07, 6.45) is 2.01. The maximum atomic E-state index is 11.7. The van der Waals surface area contributed by atoms with E-state index in [1.54, 1.807) is 0 Å². The van der Waals surface area contributed by atoms with E-state index in [-0.39, 0.29) is 11.5 Å². The van der Waals surface area contributed by atoms with Gasteiger partial charge in [-0.25, -0.2) is 0 Å². The number of rotatable bonds is 4. The SMILES string of the molecule is CCNC(=O)c1ccc(NC2CCOC(C)(C)C2)cc1. The van der Waals surface area contributed by atoms with Crippen molar-refractivity contribution < 1.29 is 9.53 Å². The third kappa shape index (κ3) is 3.97. The Morgan fingerprint density at radius 2 is 2.05 bits per heavy atom. The van der Waals surface area contributed by atoms with Crippen LogP contribution in [0, 0.1) is 0 Å². The van der Waals surface area contributed by atoms with Crippen molar-refractivity contribution in [1.29, 1.82) is 0 Å². The predicted molar refractivity (Wildman–Crippen MR) is 81.1 cm³/mol. The molecular formula is C16H24N2O2. The molecule has 0 aliphatic carbocycles. The largest absolute Gasteiger partial charge is 0.382 e. The Balaban J connectivity index is 1.95. The van der Waals surface area contributed by atoms with Crippen molar-refractivity contribution in [1.82, 2.24) is 5.32 Å². The molecule has 2 N–H and O–H groups in total. The average molecular weight is 276 g/mol. The van der Waals surface area contributed by atoms with Gasteiger partial charge in [-0.05, 0) is 57.9 Å². The van der Waals surface area contributed by atoms with Gasteiger partial charge in [0.25, 0.3) is 5.91 Å². The summed E-state index contributed by atoms with van der Waals surface area (Å²) in [6.45, 7) is 7.61. The molecule has 20 heavy (non-hydrogen) atoms. The summed E-state index contributed by atoms with van der Waals surface area (Å²) in [6, 6.07) is 8.07. The highest BCUT2D eigenvalue weighted by Crippen LogP contribution is 2.26. The molecule has 0 aromatic heterocycles. The highest BCUT2D eigenvalue weighted by atomic mass is 16.5. The summed E-state index contributed by atoms with van der Waals surface area (Å²) in [5.74, 6) is -0.0220. The molecule has 1 fully saturated rings. The van der Waals surface area contributed by atoms with Crippen LogP contribution in [-0.4, -0.2) is 30.7 Å². The Hall–Kier alpha value is -1.55. The van der Waals surface area contributed by atoms with E-state index in [0.717, 1.165) is 25.1 Å². The fourth-order valence-corrected chi connectivity index (χ4v) is 2.57. The number of carbonyl (C=O) groups is 1. The first-order chi connectivity index (χ1) is 9.50. The lowest BCUT2D eigenvalue weighted by Crippen LogP contribution is -2.40. The van der Waals surface area contributed by atoms with E-state index in [1.807, 2.05) is 31.2 Å². The summed E-state index contributed by atoms with van der Waals surface area (Å²) in [4.78, 5) is 11.7. The molecule has 4 heteroatoms. The van der Waals surface area contributed by atoms with Gasteiger partial charge in [0, 0.05) is 30.4 Å². The monoisotopic (exact) mass is 276 g/mol. The fourth-order valence-electron chi connectivity index (χ4n) is 2.57. The molecule has 1 heterocycles. The van der Waals surface area contributed by atoms with Crippen molar-refractivity contribution in [2.45, 2.75) is 45.3 Å². The Labute approximate surface area is 120 Å². The smallest absolute Gasteiger partial charge is 0.251 e. The molecular weight excluding hydrogens is 252 g/mol. The van der Waals surface area contributed by atoms with Crippen molar-refractivity contribution in [3.63, 3.8) is 0 Å². The molecule has 1 aliphatic rings. The van der Waals surface area contributed by atoms with Crippen LogP contribution < -0.4 is 10.6 Å². The van der Waals surface area contributed by atoms with Crippen LogP contribution in [0.15, 0.2) is 24.3 Å². The molecule has 0 bridgehead atoms. The van der Waals surface area contributed by atoms with Gasteiger partial charge >= 0.3 is 0 Å². The average Bonchev–Trinajstić information content (AvgIpc) is 2.38. The molecule has 1 saturated heterocycles. The normalized spacial score (nSPS) is 21.2. The minimum absolute atomic E-state index is 0.0220. The molecule has 110 valence electrons. The van der Waals surface area contributed by atoms with Crippen molar-refractivity contribution >= 4 is 11.6 Å². The number of hydrogen-bond acceptors (Lipinski definition) is 3. The quantitative estimate of drug-likeness (QED) is 0.889. The minimum Gasteiger partial charge on any atom is -0.382 e. The number of benzene rings is 1. The van der Waals surface area contributed by atoms with Crippen LogP contribution in [0.3, 0.4) is 0 Å². The van der Waals surface area contributed by atoms with Gasteiger partial charge in [-0.3, -0.25) is 4.79 Å². The molecule has 0 spiro atoms. The number of hydrogen-bond donors (Lipinski definition) is 2. The lowest BCUT2D eigenvalue weighted by molar-refractivity contribution is -0.0553. The van der Waals surface area contributed by atoms with Gasteiger partial charge in [0.2, 0.25) is 0 Å². The van der Waals surface area contributed by atoms with E-state index in [9.17, 15) is 4.79 Å². The summed E-state index contributed by atoms with van der Waals surface area (Å²) in [5.41, 5.74) is 1.70. The van der Waals surface area contributed by atoms with Crippen molar-refractivity contribution in [2.24, 2.45) is 0 Å². The number of amides is 1. The first-order valence-corrected chi connectivity index (χ1v) is 7.29. The third-order valence-electron chi connectivity index (χ3n) is 3.55. The Kier molecular flexibility index (Phi) is 4.65. The van der Waals surface area contributed by atoms with Gasteiger partial charge in [0.15, 0.2) is 0 Å². The van der Waals surface area contributed by atoms with Gasteiger partial charge in [-0.15, -0.1) is 0 Å². The molecule has 1 amide bonds. The highest BCUT2D eigenvalue weighted by Gasteiger charge is 2.28. The van der Waals surface area contributed by atoms with Crippen LogP contribution in [0.5, 0.6) is 0 Å². The van der Waals surface area contributed by atoms with E-state index in [2.05, 4.69) is 24.5 Å². The summed E-state index contributed by atoms with van der Waals surface area (Å²) in [5, 5.41) is 6.32. The standard InChI is InChI=1S/C16H24N2O2/c1-4-17-15(19)12-5-7-13(8-6-12)18-14-9-10-20-16(2,3)11-14/h5-8,14,18H,4,9-11H2,1-3H3,(H,17,19). The summed E-state index contributed by atoms with van der Waals surface area (Å²) >= 11 is 0. The molecule has 1 aromatic rings. The van der Waals surface area contributed by atoms with E-state index in [4.69, 9.17) is 4.74 Å². The zero-order valence-electron chi connectivity index (χ0n) is 12.5. The van der Waals surface area contributed by atoms with Gasteiger partial charge < -0.3 is 15.4 Å². The lowest BCUT2D eigenvalue weighted by Gasteiger charge is -2.36. The second-order valence-corrected chi connectivity index (χ2v) is 5.88. The Morgan fingerprint density at radius 3 is 2.65 bits per heavy atom. The molecule has 0 saturated carbocycles. The maximum Gasteiger partial charge on any atom is 0.251 e. The van der Waals surface area contributed by atoms with Gasteiger partial charge in [0.1, 0.15) is 0 Å². The lowest BCUT2D eigenvalue weighted by atomic mass is 9.94. The molecule has 4 nitrogen and oxygen atoms in total. The van der Waals surface area contributed by atoms with Crippen LogP contribution in [0.25, 0.3) is 0 Å². The first kappa shape index (κ1) is 14.9. The first-order valence-electron chi connectivity index (χ1n) is 7.29. The van der Waals surface area contributed by atoms with Crippen LogP contribution in [-0.2, 0) is 4.74 Å². The molecule has 1 aliphatic heterocycles. The molecule has 2 rings (SSSR count). The van der Waals surface area contributed by atoms with E-state index < -0.39 is 0 Å². The predicted octanol–water partition coefficient (Wildman–Crippen LogP) is 2.81. The van der Waals surface area contributed by atoms with Crippen molar-refractivity contribution in [3.05, 3.63) is 29.8 Å². The topological polar surface area (TPSA) is 50.4 Å². The van der Waals surface area contributed by atoms with Gasteiger partial charge in [-0.1, -0.05) is 0 Å². The molecule has 1 unspecified atom stereocenters. The van der Waals surface area contributed by atoms with Crippen LogP contribution >= 0.6 is 0 Å². The highest BCUT2D eigenvalue weighted by molar-refractivity contribution is 5.94. The zero-order valence-corrected chi connectivity index (χ0v) is 12.5. The van der Waals surface area contributed by atoms with E-state index in [1.165, 1.54) is 0 Å². The maximum absolute atomic E-state index is 11.7. The van der Waals surface area contributed by atoms with Crippen molar-refractivity contribution in [2.75, 3.05) is 18.5 Å². The van der Waals surface area contributed by atoms with Gasteiger partial charge in [-0.2, -0.15) is 0 Å². The third-order valence-corrected chi connectivity index (χ3v) is 3.55. The molecule has 1 aromatic carbocycles. The van der Waals surface area contributed by atoms with Crippen LogP contribution in [0.2, 0.25) is 0 Å². The number of carbonyl (C=O) groups excluding carboxylic acids is 1. The van der Waals surface area contributed by atoms with Crippen LogP contribution in [0.4, 0.5) is 5.69 Å². The second-order valence-electron chi connectivity index (χ2n) is 5.88. The number of anilines is 1. The van der Waals surface area contributed by atoms with Gasteiger partial charge in [0.05, 0.1) is 5.60 Å². The van der Waals surface area contributed by atoms with Crippen LogP contribution in [0.1, 0.15) is 44.0 Å². The summed E-state index contributed by atoms with van der Waals surface area (Å²) < 4.78 is 5.72. The summed E-state index contributed by atoms with van der Waals surface area (Å²) in [7, 11) is 0. The Bertz CT molecular complexity index is 454. The van der Waals surface area contributed by atoms with E-state index in [0.29, 0.717) is 18.2 Å².